The van der Waals surface area contributed by atoms with Crippen molar-refractivity contribution < 1.29 is 24.9 Å². The molecule has 0 aromatic carbocycles. The Kier molecular flexibility index (Phi) is 4.86. The highest BCUT2D eigenvalue weighted by molar-refractivity contribution is 5.91. The molecule has 0 radical (unpaired) electrons. The maximum absolute atomic E-state index is 11.8. The Morgan fingerprint density at radius 1 is 1.32 bits per heavy atom. The number of ether oxygens (including phenoxy) is 1. The van der Waals surface area contributed by atoms with Crippen LogP contribution >= 0.6 is 0 Å². The van der Waals surface area contributed by atoms with E-state index >= 15 is 0 Å². The summed E-state index contributed by atoms with van der Waals surface area (Å²) < 4.78 is 4.90. The van der Waals surface area contributed by atoms with E-state index in [-0.39, 0.29) is 30.5 Å². The van der Waals surface area contributed by atoms with Gasteiger partial charge >= 0.3 is 5.97 Å². The first-order valence-corrected chi connectivity index (χ1v) is 9.26. The molecule has 3 rings (SSSR count). The normalized spacial score (nSPS) is 46.2. The lowest BCUT2D eigenvalue weighted by atomic mass is 9.46. The van der Waals surface area contributed by atoms with Gasteiger partial charge in [-0.2, -0.15) is 0 Å². The molecule has 3 N–H and O–H groups in total. The molecule has 1 aliphatic heterocycles. The Hall–Kier alpha value is -1.17. The molecule has 0 amide bonds. The monoisotopic (exact) mass is 350 g/mol. The molecule has 3 fully saturated rings. The van der Waals surface area contributed by atoms with Crippen molar-refractivity contribution in [3.63, 3.8) is 0 Å². The summed E-state index contributed by atoms with van der Waals surface area (Å²) in [4.78, 5) is 11.8. The van der Waals surface area contributed by atoms with Gasteiger partial charge in [0.2, 0.25) is 0 Å². The number of fused-ring (bicyclic) bond motifs is 1. The zero-order chi connectivity index (χ0) is 18.4. The third kappa shape index (κ3) is 2.86. The van der Waals surface area contributed by atoms with Crippen LogP contribution in [0.25, 0.3) is 0 Å². The van der Waals surface area contributed by atoms with E-state index < -0.39 is 23.6 Å². The van der Waals surface area contributed by atoms with Crippen LogP contribution in [-0.4, -0.2) is 46.7 Å². The van der Waals surface area contributed by atoms with E-state index in [9.17, 15) is 20.1 Å². The van der Waals surface area contributed by atoms with E-state index in [2.05, 4.69) is 13.5 Å². The van der Waals surface area contributed by atoms with Crippen LogP contribution in [0.4, 0.5) is 0 Å². The molecule has 2 aliphatic carbocycles. The quantitative estimate of drug-likeness (QED) is 0.411. The summed E-state index contributed by atoms with van der Waals surface area (Å²) in [5.41, 5.74) is 0.911. The van der Waals surface area contributed by atoms with Gasteiger partial charge in [-0.1, -0.05) is 32.1 Å². The summed E-state index contributed by atoms with van der Waals surface area (Å²) >= 11 is 0. The predicted octanol–water partition coefficient (Wildman–Crippen LogP) is 1.96. The van der Waals surface area contributed by atoms with Crippen LogP contribution in [0.1, 0.15) is 46.0 Å². The number of cyclic esters (lactones) is 1. The zero-order valence-corrected chi connectivity index (χ0v) is 15.2. The second-order valence-electron chi connectivity index (χ2n) is 8.54. The Bertz CT molecular complexity index is 597. The Labute approximate surface area is 149 Å². The highest BCUT2D eigenvalue weighted by atomic mass is 16.6. The SMILES string of the molecule is C=C1CC[C@@H]2[C@@](C)(CC[C@H](O)[C@]2(C)CO)[C@@H]1C/C=C1\C(=O)OC[C@H]1O. The van der Waals surface area contributed by atoms with Crippen molar-refractivity contribution in [3.8, 4) is 0 Å². The van der Waals surface area contributed by atoms with Gasteiger partial charge < -0.3 is 20.1 Å². The summed E-state index contributed by atoms with van der Waals surface area (Å²) in [5.74, 6) is -0.0734. The van der Waals surface area contributed by atoms with Crippen LogP contribution in [0, 0.1) is 22.7 Å². The van der Waals surface area contributed by atoms with Crippen molar-refractivity contribution >= 4 is 5.97 Å². The first kappa shape index (κ1) is 18.6. The number of carbonyl (C=O) groups is 1. The summed E-state index contributed by atoms with van der Waals surface area (Å²) in [6.45, 7) is 8.50. The summed E-state index contributed by atoms with van der Waals surface area (Å²) in [7, 11) is 0. The number of esters is 1. The number of carbonyl (C=O) groups excluding carboxylic acids is 1. The fraction of sp³-hybridized carbons (Fsp3) is 0.750. The lowest BCUT2D eigenvalue weighted by Gasteiger charge is -2.59. The molecule has 0 aromatic rings. The van der Waals surface area contributed by atoms with Crippen molar-refractivity contribution in [2.45, 2.75) is 58.2 Å². The molecular weight excluding hydrogens is 320 g/mol. The molecule has 0 bridgehead atoms. The summed E-state index contributed by atoms with van der Waals surface area (Å²) in [5, 5.41) is 30.4. The van der Waals surface area contributed by atoms with Crippen molar-refractivity contribution in [2.24, 2.45) is 22.7 Å². The standard InChI is InChI=1S/C20H30O5/c1-12-4-7-16-19(2,9-8-17(23)20(16,3)11-21)14(12)6-5-13-15(22)10-25-18(13)24/h5,14-17,21-23H,1,4,6-11H2,2-3H3/b13-5-/t14-,15-,16-,17+,19+,20-/m1/s1. The molecule has 5 heteroatoms. The van der Waals surface area contributed by atoms with Crippen LogP contribution in [-0.2, 0) is 9.53 Å². The van der Waals surface area contributed by atoms with Gasteiger partial charge in [-0.3, -0.25) is 0 Å². The molecule has 0 unspecified atom stereocenters. The van der Waals surface area contributed by atoms with E-state index in [4.69, 9.17) is 4.74 Å². The van der Waals surface area contributed by atoms with Crippen LogP contribution in [0.15, 0.2) is 23.8 Å². The Balaban J connectivity index is 1.89. The topological polar surface area (TPSA) is 87.0 Å². The number of hydrogen-bond acceptors (Lipinski definition) is 5. The van der Waals surface area contributed by atoms with Gasteiger partial charge in [0.25, 0.3) is 0 Å². The average molecular weight is 350 g/mol. The van der Waals surface area contributed by atoms with E-state index in [1.807, 2.05) is 13.0 Å². The van der Waals surface area contributed by atoms with Crippen LogP contribution in [0.5, 0.6) is 0 Å². The lowest BCUT2D eigenvalue weighted by Crippen LogP contribution is -2.57. The highest BCUT2D eigenvalue weighted by Crippen LogP contribution is 2.61. The fourth-order valence-corrected chi connectivity index (χ4v) is 5.56. The minimum atomic E-state index is -0.844. The molecule has 0 spiro atoms. The van der Waals surface area contributed by atoms with Gasteiger partial charge in [0.1, 0.15) is 12.7 Å². The van der Waals surface area contributed by atoms with E-state index in [0.29, 0.717) is 18.4 Å². The summed E-state index contributed by atoms with van der Waals surface area (Å²) in [6.07, 6.45) is 4.42. The minimum Gasteiger partial charge on any atom is -0.459 e. The van der Waals surface area contributed by atoms with E-state index in [1.54, 1.807) is 0 Å². The molecule has 3 aliphatic rings. The fourth-order valence-electron chi connectivity index (χ4n) is 5.56. The smallest absolute Gasteiger partial charge is 0.336 e. The van der Waals surface area contributed by atoms with Gasteiger partial charge in [-0.25, -0.2) is 4.79 Å². The molecule has 25 heavy (non-hydrogen) atoms. The second kappa shape index (κ2) is 6.53. The van der Waals surface area contributed by atoms with Gasteiger partial charge in [-0.15, -0.1) is 0 Å². The van der Waals surface area contributed by atoms with Crippen molar-refractivity contribution in [2.75, 3.05) is 13.2 Å². The first-order valence-electron chi connectivity index (χ1n) is 9.26. The largest absolute Gasteiger partial charge is 0.459 e. The molecule has 1 heterocycles. The van der Waals surface area contributed by atoms with Gasteiger partial charge in [0, 0.05) is 5.41 Å². The van der Waals surface area contributed by atoms with Crippen LogP contribution < -0.4 is 0 Å². The number of hydrogen-bond donors (Lipinski definition) is 3. The minimum absolute atomic E-state index is 0.0280. The van der Waals surface area contributed by atoms with Crippen LogP contribution in [0.2, 0.25) is 0 Å². The van der Waals surface area contributed by atoms with Gasteiger partial charge in [0.05, 0.1) is 18.3 Å². The third-order valence-electron chi connectivity index (χ3n) is 7.23. The Morgan fingerprint density at radius 2 is 2.04 bits per heavy atom. The highest BCUT2D eigenvalue weighted by Gasteiger charge is 2.57. The van der Waals surface area contributed by atoms with Gasteiger partial charge in [0.15, 0.2) is 0 Å². The molecule has 5 nitrogen and oxygen atoms in total. The number of allylic oxidation sites excluding steroid dienone is 2. The van der Waals surface area contributed by atoms with Crippen molar-refractivity contribution in [1.29, 1.82) is 0 Å². The van der Waals surface area contributed by atoms with E-state index in [0.717, 1.165) is 24.8 Å². The van der Waals surface area contributed by atoms with E-state index in [1.165, 1.54) is 0 Å². The second-order valence-corrected chi connectivity index (χ2v) is 8.54. The van der Waals surface area contributed by atoms with Crippen LogP contribution in [0.3, 0.4) is 0 Å². The first-order chi connectivity index (χ1) is 11.7. The van der Waals surface area contributed by atoms with Crippen molar-refractivity contribution in [1.82, 2.24) is 0 Å². The molecule has 0 aromatic heterocycles. The zero-order valence-electron chi connectivity index (χ0n) is 15.2. The molecule has 140 valence electrons. The molecule has 1 saturated heterocycles. The number of aliphatic hydroxyl groups is 3. The van der Waals surface area contributed by atoms with Gasteiger partial charge in [-0.05, 0) is 49.4 Å². The average Bonchev–Trinajstić information content (AvgIpc) is 2.89. The molecular formula is C20H30O5. The summed E-state index contributed by atoms with van der Waals surface area (Å²) in [6, 6.07) is 0. The van der Waals surface area contributed by atoms with Crippen molar-refractivity contribution in [3.05, 3.63) is 23.8 Å². The predicted molar refractivity (Wildman–Crippen MR) is 93.6 cm³/mol. The lowest BCUT2D eigenvalue weighted by molar-refractivity contribution is -0.151. The number of rotatable bonds is 3. The number of aliphatic hydroxyl groups excluding tert-OH is 3. The Morgan fingerprint density at radius 3 is 2.64 bits per heavy atom. The maximum Gasteiger partial charge on any atom is 0.336 e. The third-order valence-corrected chi connectivity index (χ3v) is 7.23. The molecule has 2 saturated carbocycles. The maximum atomic E-state index is 11.8. The molecule has 6 atom stereocenters.